The number of ether oxygens (including phenoxy) is 2. The third-order valence-electron chi connectivity index (χ3n) is 4.27. The first-order valence-corrected chi connectivity index (χ1v) is 7.96. The number of hydrogen-bond donors (Lipinski definition) is 0. The van der Waals surface area contributed by atoms with Crippen molar-refractivity contribution in [1.29, 1.82) is 0 Å². The van der Waals surface area contributed by atoms with Gasteiger partial charge in [0, 0.05) is 37.9 Å². The molecule has 2 aliphatic heterocycles. The van der Waals surface area contributed by atoms with Gasteiger partial charge in [0.05, 0.1) is 5.69 Å². The maximum absolute atomic E-state index is 5.66. The molecule has 136 valence electrons. The number of anilines is 1. The number of fused-ring (bicyclic) bond motifs is 1. The van der Waals surface area contributed by atoms with Crippen LogP contribution in [0, 0.1) is 0 Å². The molecule has 1 fully saturated rings. The van der Waals surface area contributed by atoms with Gasteiger partial charge in [-0.3, -0.25) is 0 Å². The molecule has 1 aromatic carbocycles. The Hall–Kier alpha value is -1.38. The van der Waals surface area contributed by atoms with Crippen molar-refractivity contribution in [3.05, 3.63) is 30.5 Å². The van der Waals surface area contributed by atoms with Crippen molar-refractivity contribution in [2.75, 3.05) is 51.3 Å². The van der Waals surface area contributed by atoms with Crippen LogP contribution in [0.15, 0.2) is 30.5 Å². The molecular formula is C17H22Br2N4O2. The van der Waals surface area contributed by atoms with Gasteiger partial charge >= 0.3 is 0 Å². The zero-order chi connectivity index (χ0) is 15.6. The third kappa shape index (κ3) is 4.43. The maximum atomic E-state index is 5.66. The van der Waals surface area contributed by atoms with Gasteiger partial charge in [-0.15, -0.1) is 34.0 Å². The smallest absolute Gasteiger partial charge is 0.225 e. The Morgan fingerprint density at radius 1 is 0.920 bits per heavy atom. The molecule has 0 atom stereocenters. The van der Waals surface area contributed by atoms with Crippen molar-refractivity contribution in [3.63, 3.8) is 0 Å². The number of rotatable bonds is 2. The fraction of sp³-hybridized carbons (Fsp3) is 0.412. The van der Waals surface area contributed by atoms with E-state index in [4.69, 9.17) is 14.5 Å². The van der Waals surface area contributed by atoms with Gasteiger partial charge in [-0.05, 0) is 31.3 Å². The zero-order valence-corrected chi connectivity index (χ0v) is 17.5. The topological polar surface area (TPSA) is 50.7 Å². The van der Waals surface area contributed by atoms with E-state index >= 15 is 0 Å². The molecule has 2 aromatic rings. The summed E-state index contributed by atoms with van der Waals surface area (Å²) in [6.07, 6.45) is 1.83. The zero-order valence-electron chi connectivity index (χ0n) is 14.1. The summed E-state index contributed by atoms with van der Waals surface area (Å²) in [4.78, 5) is 13.7. The number of likely N-dealkylation sites (N-methyl/N-ethyl adjacent to an activating group) is 1. The fourth-order valence-corrected chi connectivity index (χ4v) is 2.87. The highest BCUT2D eigenvalue weighted by Crippen LogP contribution is 2.34. The van der Waals surface area contributed by atoms with Gasteiger partial charge in [0.15, 0.2) is 11.5 Å². The van der Waals surface area contributed by atoms with Crippen molar-refractivity contribution in [1.82, 2.24) is 14.9 Å². The second-order valence-electron chi connectivity index (χ2n) is 5.89. The van der Waals surface area contributed by atoms with E-state index in [0.29, 0.717) is 13.2 Å². The van der Waals surface area contributed by atoms with Crippen LogP contribution in [0.4, 0.5) is 5.95 Å². The second-order valence-corrected chi connectivity index (χ2v) is 5.89. The molecule has 1 saturated heterocycles. The van der Waals surface area contributed by atoms with E-state index in [1.54, 1.807) is 0 Å². The lowest BCUT2D eigenvalue weighted by atomic mass is 10.1. The number of nitrogens with zero attached hydrogens (tertiary/aromatic N) is 4. The molecule has 0 unspecified atom stereocenters. The van der Waals surface area contributed by atoms with Crippen LogP contribution in [0.2, 0.25) is 0 Å². The van der Waals surface area contributed by atoms with E-state index in [1.807, 2.05) is 30.5 Å². The van der Waals surface area contributed by atoms with Crippen LogP contribution in [0.5, 0.6) is 11.5 Å². The van der Waals surface area contributed by atoms with Crippen LogP contribution in [-0.2, 0) is 0 Å². The summed E-state index contributed by atoms with van der Waals surface area (Å²) in [5.41, 5.74) is 1.93. The first-order valence-electron chi connectivity index (χ1n) is 7.96. The average molecular weight is 474 g/mol. The molecule has 2 aliphatic rings. The van der Waals surface area contributed by atoms with Gasteiger partial charge in [-0.1, -0.05) is 0 Å². The summed E-state index contributed by atoms with van der Waals surface area (Å²) in [5.74, 6) is 2.38. The summed E-state index contributed by atoms with van der Waals surface area (Å²) >= 11 is 0. The average Bonchev–Trinajstić information content (AvgIpc) is 2.62. The molecular weight excluding hydrogens is 452 g/mol. The molecule has 6 nitrogen and oxygen atoms in total. The molecule has 0 spiro atoms. The predicted octanol–water partition coefficient (Wildman–Crippen LogP) is 2.82. The number of hydrogen-bond acceptors (Lipinski definition) is 6. The molecule has 0 radical (unpaired) electrons. The van der Waals surface area contributed by atoms with Gasteiger partial charge < -0.3 is 19.3 Å². The summed E-state index contributed by atoms with van der Waals surface area (Å²) in [6.45, 7) is 5.19. The Morgan fingerprint density at radius 3 is 2.40 bits per heavy atom. The molecule has 4 rings (SSSR count). The molecule has 25 heavy (non-hydrogen) atoms. The van der Waals surface area contributed by atoms with E-state index in [9.17, 15) is 0 Å². The monoisotopic (exact) mass is 472 g/mol. The van der Waals surface area contributed by atoms with Crippen molar-refractivity contribution in [3.8, 4) is 22.8 Å². The van der Waals surface area contributed by atoms with E-state index in [2.05, 4.69) is 21.8 Å². The third-order valence-corrected chi connectivity index (χ3v) is 4.27. The van der Waals surface area contributed by atoms with Crippen LogP contribution in [0.1, 0.15) is 0 Å². The van der Waals surface area contributed by atoms with Gasteiger partial charge in [0.25, 0.3) is 0 Å². The number of benzene rings is 1. The first kappa shape index (κ1) is 19.9. The highest BCUT2D eigenvalue weighted by Gasteiger charge is 2.18. The van der Waals surface area contributed by atoms with Gasteiger partial charge in [-0.2, -0.15) is 0 Å². The summed E-state index contributed by atoms with van der Waals surface area (Å²) in [7, 11) is 2.14. The highest BCUT2D eigenvalue weighted by molar-refractivity contribution is 8.93. The molecule has 8 heteroatoms. The number of piperazine rings is 1. The van der Waals surface area contributed by atoms with Crippen LogP contribution in [0.3, 0.4) is 0 Å². The molecule has 0 saturated carbocycles. The minimum Gasteiger partial charge on any atom is -0.486 e. The largest absolute Gasteiger partial charge is 0.486 e. The lowest BCUT2D eigenvalue weighted by Gasteiger charge is -2.32. The molecule has 0 aliphatic carbocycles. The lowest BCUT2D eigenvalue weighted by molar-refractivity contribution is 0.171. The van der Waals surface area contributed by atoms with Gasteiger partial charge in [0.2, 0.25) is 5.95 Å². The Kier molecular flexibility index (Phi) is 7.04. The van der Waals surface area contributed by atoms with Crippen molar-refractivity contribution in [2.24, 2.45) is 0 Å². The fourth-order valence-electron chi connectivity index (χ4n) is 2.87. The molecule has 0 N–H and O–H groups in total. The maximum Gasteiger partial charge on any atom is 0.225 e. The molecule has 0 amide bonds. The minimum atomic E-state index is 0. The lowest BCUT2D eigenvalue weighted by Crippen LogP contribution is -2.45. The standard InChI is InChI=1S/C17H20N4O2.2BrH/c1-20-6-8-21(9-7-20)17-18-5-4-14(19-17)13-2-3-15-16(12-13)23-11-10-22-15;;/h2-5,12H,6-11H2,1H3;2*1H. The van der Waals surface area contributed by atoms with Crippen molar-refractivity contribution < 1.29 is 9.47 Å². The van der Waals surface area contributed by atoms with Gasteiger partial charge in [0.1, 0.15) is 13.2 Å². The predicted molar refractivity (Wildman–Crippen MR) is 109 cm³/mol. The number of aromatic nitrogens is 2. The van der Waals surface area contributed by atoms with Crippen LogP contribution in [-0.4, -0.2) is 61.3 Å². The minimum absolute atomic E-state index is 0. The van der Waals surface area contributed by atoms with Crippen molar-refractivity contribution in [2.45, 2.75) is 0 Å². The molecule has 3 heterocycles. The SMILES string of the molecule is Br.Br.CN1CCN(c2nccc(-c3ccc4c(c3)OCCO4)n2)CC1. The van der Waals surface area contributed by atoms with Gasteiger partial charge in [-0.25, -0.2) is 9.97 Å². The number of halogens is 2. The molecule has 0 bridgehead atoms. The van der Waals surface area contributed by atoms with E-state index in [-0.39, 0.29) is 34.0 Å². The van der Waals surface area contributed by atoms with E-state index < -0.39 is 0 Å². The van der Waals surface area contributed by atoms with Crippen LogP contribution in [0.25, 0.3) is 11.3 Å². The summed E-state index contributed by atoms with van der Waals surface area (Å²) < 4.78 is 11.2. The Bertz CT molecular complexity index is 709. The Labute approximate surface area is 168 Å². The quantitative estimate of drug-likeness (QED) is 0.668. The van der Waals surface area contributed by atoms with E-state index in [1.165, 1.54) is 0 Å². The van der Waals surface area contributed by atoms with E-state index in [0.717, 1.165) is 54.9 Å². The highest BCUT2D eigenvalue weighted by atomic mass is 79.9. The second kappa shape index (κ2) is 8.82. The normalized spacial score (nSPS) is 16.6. The van der Waals surface area contributed by atoms with Crippen molar-refractivity contribution >= 4 is 39.9 Å². The van der Waals surface area contributed by atoms with Crippen LogP contribution < -0.4 is 14.4 Å². The summed E-state index contributed by atoms with van der Waals surface area (Å²) in [6, 6.07) is 7.89. The molecule has 1 aromatic heterocycles. The summed E-state index contributed by atoms with van der Waals surface area (Å²) in [5, 5.41) is 0. The Morgan fingerprint density at radius 2 is 1.64 bits per heavy atom. The Balaban J connectivity index is 0.00000113. The van der Waals surface area contributed by atoms with Crippen LogP contribution >= 0.6 is 34.0 Å². The first-order chi connectivity index (χ1) is 11.3.